The predicted octanol–water partition coefficient (Wildman–Crippen LogP) is 2.44. The summed E-state index contributed by atoms with van der Waals surface area (Å²) < 4.78 is 5.57. The van der Waals surface area contributed by atoms with Gasteiger partial charge in [-0.2, -0.15) is 0 Å². The first-order valence-electron chi connectivity index (χ1n) is 4.29. The minimum atomic E-state index is -0.642. The molecule has 0 bridgehead atoms. The summed E-state index contributed by atoms with van der Waals surface area (Å²) in [5.41, 5.74) is 1.61. The van der Waals surface area contributed by atoms with E-state index in [1.165, 1.54) is 7.05 Å². The maximum Gasteiger partial charge on any atom is 0.413 e. The summed E-state index contributed by atoms with van der Waals surface area (Å²) in [5, 5.41) is 9.80. The summed E-state index contributed by atoms with van der Waals surface area (Å²) >= 11 is 3.34. The molecule has 1 amide bonds. The van der Waals surface area contributed by atoms with Crippen molar-refractivity contribution in [3.05, 3.63) is 33.8 Å². The second-order valence-electron chi connectivity index (χ2n) is 2.93. The Morgan fingerprint density at radius 3 is 2.73 bits per heavy atom. The molecule has 0 fully saturated rings. The molecule has 0 aliphatic carbocycles. The van der Waals surface area contributed by atoms with Crippen LogP contribution in [-0.2, 0) is 4.74 Å². The predicted molar refractivity (Wildman–Crippen MR) is 61.2 cm³/mol. The number of rotatable bonds is 1. The van der Waals surface area contributed by atoms with Gasteiger partial charge in [0.15, 0.2) is 0 Å². The van der Waals surface area contributed by atoms with Crippen molar-refractivity contribution in [1.29, 1.82) is 5.41 Å². The van der Waals surface area contributed by atoms with Crippen molar-refractivity contribution in [1.82, 2.24) is 5.32 Å². The molecule has 0 aromatic heterocycles. The first kappa shape index (κ1) is 11.7. The van der Waals surface area contributed by atoms with Crippen LogP contribution in [0, 0.1) is 12.3 Å². The molecule has 0 unspecified atom stereocenters. The molecule has 5 heteroatoms. The molecule has 0 aliphatic rings. The molecule has 4 nitrogen and oxygen atoms in total. The lowest BCUT2D eigenvalue weighted by Crippen LogP contribution is -2.22. The van der Waals surface area contributed by atoms with Crippen LogP contribution in [0.3, 0.4) is 0 Å². The zero-order valence-corrected chi connectivity index (χ0v) is 10.0. The van der Waals surface area contributed by atoms with Gasteiger partial charge in [0.05, 0.1) is 0 Å². The number of benzene rings is 1. The number of amides is 1. The van der Waals surface area contributed by atoms with Crippen LogP contribution in [0.4, 0.5) is 4.79 Å². The van der Waals surface area contributed by atoms with Crippen LogP contribution in [0.25, 0.3) is 0 Å². The largest absolute Gasteiger partial charge is 0.413 e. The summed E-state index contributed by atoms with van der Waals surface area (Å²) in [6.07, 6.45) is -0.642. The van der Waals surface area contributed by atoms with E-state index in [4.69, 9.17) is 10.1 Å². The Labute approximate surface area is 96.3 Å². The van der Waals surface area contributed by atoms with Crippen molar-refractivity contribution in [3.63, 3.8) is 0 Å². The fraction of sp³-hybridized carbons (Fsp3) is 0.200. The number of aryl methyl sites for hydroxylation is 1. The topological polar surface area (TPSA) is 62.2 Å². The van der Waals surface area contributed by atoms with Crippen LogP contribution in [0.2, 0.25) is 0 Å². The van der Waals surface area contributed by atoms with Gasteiger partial charge in [-0.1, -0.05) is 22.0 Å². The molecule has 80 valence electrons. The summed E-state index contributed by atoms with van der Waals surface area (Å²) in [6.45, 7) is 1.94. The van der Waals surface area contributed by atoms with Crippen LogP contribution >= 0.6 is 15.9 Å². The molecular formula is C10H11BrN2O2. The minimum absolute atomic E-state index is 0.171. The minimum Gasteiger partial charge on any atom is -0.391 e. The first-order valence-corrected chi connectivity index (χ1v) is 5.08. The molecule has 0 saturated carbocycles. The van der Waals surface area contributed by atoms with E-state index in [0.29, 0.717) is 5.56 Å². The summed E-state index contributed by atoms with van der Waals surface area (Å²) in [6, 6.07) is 5.31. The number of carbonyl (C=O) groups is 1. The Kier molecular flexibility index (Phi) is 3.85. The average Bonchev–Trinajstić information content (AvgIpc) is 2.21. The van der Waals surface area contributed by atoms with Crippen molar-refractivity contribution in [3.8, 4) is 0 Å². The molecule has 0 aliphatic heterocycles. The highest BCUT2D eigenvalue weighted by Crippen LogP contribution is 2.17. The Morgan fingerprint density at radius 1 is 1.53 bits per heavy atom. The lowest BCUT2D eigenvalue weighted by atomic mass is 10.1. The highest BCUT2D eigenvalue weighted by atomic mass is 79.9. The SMILES string of the molecule is CNC(=O)OC(=N)c1ccc(C)c(Br)c1. The Hall–Kier alpha value is -1.36. The summed E-state index contributed by atoms with van der Waals surface area (Å²) in [7, 11) is 1.45. The number of ether oxygens (including phenoxy) is 1. The fourth-order valence-electron chi connectivity index (χ4n) is 0.937. The monoisotopic (exact) mass is 270 g/mol. The number of halogens is 1. The van der Waals surface area contributed by atoms with E-state index in [1.807, 2.05) is 13.0 Å². The average molecular weight is 271 g/mol. The number of hydrogen-bond acceptors (Lipinski definition) is 3. The van der Waals surface area contributed by atoms with E-state index in [9.17, 15) is 4.79 Å². The Balaban J connectivity index is 2.83. The van der Waals surface area contributed by atoms with Gasteiger partial charge in [-0.15, -0.1) is 0 Å². The van der Waals surface area contributed by atoms with Crippen LogP contribution in [-0.4, -0.2) is 19.0 Å². The lowest BCUT2D eigenvalue weighted by Gasteiger charge is -2.06. The van der Waals surface area contributed by atoms with Crippen molar-refractivity contribution in [2.24, 2.45) is 0 Å². The van der Waals surface area contributed by atoms with Crippen molar-refractivity contribution in [2.45, 2.75) is 6.92 Å². The van der Waals surface area contributed by atoms with Crippen LogP contribution < -0.4 is 5.32 Å². The van der Waals surface area contributed by atoms with Crippen molar-refractivity contribution < 1.29 is 9.53 Å². The molecule has 0 atom stereocenters. The molecule has 1 rings (SSSR count). The molecule has 2 N–H and O–H groups in total. The number of nitrogens with one attached hydrogen (secondary N) is 2. The molecular weight excluding hydrogens is 260 g/mol. The third-order valence-corrected chi connectivity index (χ3v) is 2.69. The third-order valence-electron chi connectivity index (χ3n) is 1.83. The van der Waals surface area contributed by atoms with E-state index in [-0.39, 0.29) is 5.90 Å². The number of hydrogen-bond donors (Lipinski definition) is 2. The maximum absolute atomic E-state index is 10.9. The second-order valence-corrected chi connectivity index (χ2v) is 3.79. The molecule has 0 saturated heterocycles. The normalized spacial score (nSPS) is 9.53. The summed E-state index contributed by atoms with van der Waals surface area (Å²) in [5.74, 6) is -0.171. The Bertz CT molecular complexity index is 404. The van der Waals surface area contributed by atoms with Gasteiger partial charge < -0.3 is 10.1 Å². The van der Waals surface area contributed by atoms with E-state index in [2.05, 4.69) is 21.2 Å². The number of carbonyl (C=O) groups excluding carboxylic acids is 1. The summed E-state index contributed by atoms with van der Waals surface area (Å²) in [4.78, 5) is 10.9. The van der Waals surface area contributed by atoms with Gasteiger partial charge in [0.1, 0.15) is 0 Å². The van der Waals surface area contributed by atoms with E-state index in [0.717, 1.165) is 10.0 Å². The van der Waals surface area contributed by atoms with Gasteiger partial charge in [-0.25, -0.2) is 4.79 Å². The first-order chi connectivity index (χ1) is 7.04. The van der Waals surface area contributed by atoms with Gasteiger partial charge >= 0.3 is 6.09 Å². The molecule has 1 aromatic rings. The van der Waals surface area contributed by atoms with Gasteiger partial charge in [-0.3, -0.25) is 5.41 Å². The molecule has 0 spiro atoms. The Morgan fingerprint density at radius 2 is 2.20 bits per heavy atom. The van der Waals surface area contributed by atoms with E-state index >= 15 is 0 Å². The van der Waals surface area contributed by atoms with Crippen molar-refractivity contribution >= 4 is 27.9 Å². The van der Waals surface area contributed by atoms with Gasteiger partial charge in [0, 0.05) is 17.1 Å². The van der Waals surface area contributed by atoms with Crippen LogP contribution in [0.1, 0.15) is 11.1 Å². The molecule has 15 heavy (non-hydrogen) atoms. The zero-order valence-electron chi connectivity index (χ0n) is 8.43. The van der Waals surface area contributed by atoms with Gasteiger partial charge in [0.25, 0.3) is 0 Å². The maximum atomic E-state index is 10.9. The van der Waals surface area contributed by atoms with Gasteiger partial charge in [-0.05, 0) is 24.6 Å². The van der Waals surface area contributed by atoms with Crippen LogP contribution in [0.5, 0.6) is 0 Å². The highest BCUT2D eigenvalue weighted by Gasteiger charge is 2.08. The lowest BCUT2D eigenvalue weighted by molar-refractivity contribution is 0.199. The zero-order chi connectivity index (χ0) is 11.4. The molecule has 0 heterocycles. The van der Waals surface area contributed by atoms with Gasteiger partial charge in [0.2, 0.25) is 5.90 Å². The standard InChI is InChI=1S/C10H11BrN2O2/c1-6-3-4-7(5-8(6)11)9(12)15-10(14)13-2/h3-5,12H,1-2H3,(H,13,14). The fourth-order valence-corrected chi connectivity index (χ4v) is 1.32. The highest BCUT2D eigenvalue weighted by molar-refractivity contribution is 9.10. The second kappa shape index (κ2) is 4.93. The molecule has 1 aromatic carbocycles. The van der Waals surface area contributed by atoms with E-state index < -0.39 is 6.09 Å². The van der Waals surface area contributed by atoms with Crippen LogP contribution in [0.15, 0.2) is 22.7 Å². The smallest absolute Gasteiger partial charge is 0.391 e. The number of alkyl carbamates (subject to hydrolysis) is 1. The quantitative estimate of drug-likeness (QED) is 0.608. The third kappa shape index (κ3) is 3.06. The van der Waals surface area contributed by atoms with Crippen molar-refractivity contribution in [2.75, 3.05) is 7.05 Å². The molecule has 0 radical (unpaired) electrons. The van der Waals surface area contributed by atoms with E-state index in [1.54, 1.807) is 12.1 Å².